The van der Waals surface area contributed by atoms with Crippen LogP contribution in [0.3, 0.4) is 0 Å². The standard InChI is InChI=1S/C11H15N3O/c1-2-13-11(15)14-6-8-3-4-10(12)5-9(8)7-14/h3-5H,2,6-7,12H2,1H3,(H,13,15). The Morgan fingerprint density at radius 1 is 1.47 bits per heavy atom. The average molecular weight is 205 g/mol. The van der Waals surface area contributed by atoms with Crippen molar-refractivity contribution in [3.05, 3.63) is 29.3 Å². The Hall–Kier alpha value is -1.71. The maximum absolute atomic E-state index is 11.6. The summed E-state index contributed by atoms with van der Waals surface area (Å²) in [5.74, 6) is 0. The first kappa shape index (κ1) is 9.83. The Morgan fingerprint density at radius 3 is 2.93 bits per heavy atom. The maximum Gasteiger partial charge on any atom is 0.317 e. The summed E-state index contributed by atoms with van der Waals surface area (Å²) >= 11 is 0. The van der Waals surface area contributed by atoms with Crippen LogP contribution < -0.4 is 11.1 Å². The first-order valence-electron chi connectivity index (χ1n) is 5.10. The smallest absolute Gasteiger partial charge is 0.317 e. The van der Waals surface area contributed by atoms with Gasteiger partial charge in [0.15, 0.2) is 0 Å². The number of rotatable bonds is 1. The lowest BCUT2D eigenvalue weighted by Gasteiger charge is -2.15. The molecule has 15 heavy (non-hydrogen) atoms. The summed E-state index contributed by atoms with van der Waals surface area (Å²) in [5.41, 5.74) is 8.79. The highest BCUT2D eigenvalue weighted by Crippen LogP contribution is 2.24. The molecule has 1 aromatic carbocycles. The van der Waals surface area contributed by atoms with Crippen LogP contribution in [-0.4, -0.2) is 17.5 Å². The van der Waals surface area contributed by atoms with E-state index in [0.29, 0.717) is 19.6 Å². The van der Waals surface area contributed by atoms with Crippen molar-refractivity contribution in [1.82, 2.24) is 10.2 Å². The van der Waals surface area contributed by atoms with Gasteiger partial charge in [-0.1, -0.05) is 6.07 Å². The lowest BCUT2D eigenvalue weighted by Crippen LogP contribution is -2.36. The molecule has 4 nitrogen and oxygen atoms in total. The predicted octanol–water partition coefficient (Wildman–Crippen LogP) is 1.31. The molecule has 0 aromatic heterocycles. The van der Waals surface area contributed by atoms with Crippen molar-refractivity contribution in [1.29, 1.82) is 0 Å². The molecule has 2 amide bonds. The van der Waals surface area contributed by atoms with Crippen molar-refractivity contribution in [2.45, 2.75) is 20.0 Å². The third-order valence-electron chi connectivity index (χ3n) is 2.57. The van der Waals surface area contributed by atoms with Gasteiger partial charge < -0.3 is 16.0 Å². The second kappa shape index (κ2) is 3.81. The number of amides is 2. The number of hydrogen-bond acceptors (Lipinski definition) is 2. The second-order valence-corrected chi connectivity index (χ2v) is 3.72. The van der Waals surface area contributed by atoms with Crippen molar-refractivity contribution in [3.63, 3.8) is 0 Å². The van der Waals surface area contributed by atoms with Gasteiger partial charge in [-0.05, 0) is 30.2 Å². The van der Waals surface area contributed by atoms with E-state index >= 15 is 0 Å². The highest BCUT2D eigenvalue weighted by atomic mass is 16.2. The molecule has 0 saturated heterocycles. The van der Waals surface area contributed by atoms with Gasteiger partial charge in [0.2, 0.25) is 0 Å². The van der Waals surface area contributed by atoms with Crippen molar-refractivity contribution in [2.75, 3.05) is 12.3 Å². The minimum atomic E-state index is -0.00716. The molecule has 0 bridgehead atoms. The maximum atomic E-state index is 11.6. The van der Waals surface area contributed by atoms with E-state index in [9.17, 15) is 4.79 Å². The van der Waals surface area contributed by atoms with Crippen LogP contribution in [0, 0.1) is 0 Å². The lowest BCUT2D eigenvalue weighted by molar-refractivity contribution is 0.199. The summed E-state index contributed by atoms with van der Waals surface area (Å²) in [6.45, 7) is 3.92. The largest absolute Gasteiger partial charge is 0.399 e. The Labute approximate surface area is 89.1 Å². The van der Waals surface area contributed by atoms with Crippen LogP contribution in [0.15, 0.2) is 18.2 Å². The molecule has 1 aromatic rings. The number of benzene rings is 1. The van der Waals surface area contributed by atoms with Crippen LogP contribution in [0.5, 0.6) is 0 Å². The van der Waals surface area contributed by atoms with Gasteiger partial charge in [-0.25, -0.2) is 4.79 Å². The number of hydrogen-bond donors (Lipinski definition) is 2. The number of nitrogens with zero attached hydrogens (tertiary/aromatic N) is 1. The molecule has 0 radical (unpaired) electrons. The summed E-state index contributed by atoms with van der Waals surface area (Å²) in [5, 5.41) is 2.79. The molecule has 0 unspecified atom stereocenters. The summed E-state index contributed by atoms with van der Waals surface area (Å²) in [6, 6.07) is 5.80. The van der Waals surface area contributed by atoms with Gasteiger partial charge in [-0.3, -0.25) is 0 Å². The van der Waals surface area contributed by atoms with Gasteiger partial charge >= 0.3 is 6.03 Å². The van der Waals surface area contributed by atoms with E-state index in [1.165, 1.54) is 5.56 Å². The number of carbonyl (C=O) groups excluding carboxylic acids is 1. The molecular formula is C11H15N3O. The molecule has 80 valence electrons. The topological polar surface area (TPSA) is 58.4 Å². The number of fused-ring (bicyclic) bond motifs is 1. The lowest BCUT2D eigenvalue weighted by atomic mass is 10.1. The molecule has 0 fully saturated rings. The fourth-order valence-electron chi connectivity index (χ4n) is 1.82. The Kier molecular flexibility index (Phi) is 2.49. The fourth-order valence-corrected chi connectivity index (χ4v) is 1.82. The van der Waals surface area contributed by atoms with Gasteiger partial charge in [0.25, 0.3) is 0 Å². The summed E-state index contributed by atoms with van der Waals surface area (Å²) < 4.78 is 0. The number of urea groups is 1. The number of anilines is 1. The molecule has 1 heterocycles. The van der Waals surface area contributed by atoms with Crippen LogP contribution in [-0.2, 0) is 13.1 Å². The molecule has 4 heteroatoms. The van der Waals surface area contributed by atoms with Gasteiger partial charge in [0.1, 0.15) is 0 Å². The molecule has 3 N–H and O–H groups in total. The zero-order chi connectivity index (χ0) is 10.8. The number of carbonyl (C=O) groups is 1. The predicted molar refractivity (Wildman–Crippen MR) is 59.2 cm³/mol. The average Bonchev–Trinajstić information content (AvgIpc) is 2.60. The third kappa shape index (κ3) is 1.88. The summed E-state index contributed by atoms with van der Waals surface area (Å²) in [7, 11) is 0. The molecule has 0 spiro atoms. The highest BCUT2D eigenvalue weighted by Gasteiger charge is 2.22. The molecule has 2 rings (SSSR count). The minimum Gasteiger partial charge on any atom is -0.399 e. The molecule has 0 saturated carbocycles. The van der Waals surface area contributed by atoms with E-state index in [1.54, 1.807) is 4.90 Å². The molecule has 1 aliphatic heterocycles. The second-order valence-electron chi connectivity index (χ2n) is 3.72. The normalized spacial score (nSPS) is 13.8. The van der Waals surface area contributed by atoms with E-state index in [-0.39, 0.29) is 6.03 Å². The Morgan fingerprint density at radius 2 is 2.20 bits per heavy atom. The first-order valence-corrected chi connectivity index (χ1v) is 5.10. The molecule has 0 aliphatic carbocycles. The third-order valence-corrected chi connectivity index (χ3v) is 2.57. The van der Waals surface area contributed by atoms with E-state index < -0.39 is 0 Å². The van der Waals surface area contributed by atoms with Crippen LogP contribution >= 0.6 is 0 Å². The number of nitrogen functional groups attached to an aromatic ring is 1. The Bertz CT molecular complexity index is 389. The van der Waals surface area contributed by atoms with Gasteiger partial charge in [-0.15, -0.1) is 0 Å². The zero-order valence-electron chi connectivity index (χ0n) is 8.79. The van der Waals surface area contributed by atoms with E-state index in [4.69, 9.17) is 5.73 Å². The summed E-state index contributed by atoms with van der Waals surface area (Å²) in [4.78, 5) is 13.4. The quantitative estimate of drug-likeness (QED) is 0.679. The minimum absolute atomic E-state index is 0.00716. The van der Waals surface area contributed by atoms with Gasteiger partial charge in [0, 0.05) is 25.3 Å². The fraction of sp³-hybridized carbons (Fsp3) is 0.364. The van der Waals surface area contributed by atoms with Crippen LogP contribution in [0.2, 0.25) is 0 Å². The number of nitrogens with two attached hydrogens (primary N) is 1. The van der Waals surface area contributed by atoms with Gasteiger partial charge in [0.05, 0.1) is 0 Å². The molecular weight excluding hydrogens is 190 g/mol. The van der Waals surface area contributed by atoms with Crippen molar-refractivity contribution < 1.29 is 4.79 Å². The van der Waals surface area contributed by atoms with Crippen molar-refractivity contribution in [2.24, 2.45) is 0 Å². The van der Waals surface area contributed by atoms with E-state index in [2.05, 4.69) is 5.32 Å². The monoisotopic (exact) mass is 205 g/mol. The highest BCUT2D eigenvalue weighted by molar-refractivity contribution is 5.75. The first-order chi connectivity index (χ1) is 7.20. The van der Waals surface area contributed by atoms with Crippen molar-refractivity contribution >= 4 is 11.7 Å². The summed E-state index contributed by atoms with van der Waals surface area (Å²) in [6.07, 6.45) is 0. The molecule has 0 atom stereocenters. The van der Waals surface area contributed by atoms with E-state index in [1.807, 2.05) is 25.1 Å². The number of nitrogens with one attached hydrogen (secondary N) is 1. The van der Waals surface area contributed by atoms with Crippen LogP contribution in [0.4, 0.5) is 10.5 Å². The molecule has 1 aliphatic rings. The zero-order valence-corrected chi connectivity index (χ0v) is 8.79. The van der Waals surface area contributed by atoms with Gasteiger partial charge in [-0.2, -0.15) is 0 Å². The van der Waals surface area contributed by atoms with Crippen LogP contribution in [0.1, 0.15) is 18.1 Å². The SMILES string of the molecule is CCNC(=O)N1Cc2ccc(N)cc2C1. The van der Waals surface area contributed by atoms with E-state index in [0.717, 1.165) is 11.3 Å². The van der Waals surface area contributed by atoms with Crippen molar-refractivity contribution in [3.8, 4) is 0 Å². The van der Waals surface area contributed by atoms with Crippen LogP contribution in [0.25, 0.3) is 0 Å². The Balaban J connectivity index is 2.12.